The number of aromatic nitrogens is 2. The smallest absolute Gasteiger partial charge is 0.221 e. The quantitative estimate of drug-likeness (QED) is 0.640. The van der Waals surface area contributed by atoms with Gasteiger partial charge in [-0.15, -0.1) is 0 Å². The topological polar surface area (TPSA) is 85.4 Å². The normalized spacial score (nSPS) is 17.9. The van der Waals surface area contributed by atoms with Crippen LogP contribution in [0.15, 0.2) is 35.2 Å². The lowest BCUT2D eigenvalue weighted by Crippen LogP contribution is -2.31. The predicted octanol–water partition coefficient (Wildman–Crippen LogP) is 1.14. The Kier molecular flexibility index (Phi) is 7.74. The van der Waals surface area contributed by atoms with Gasteiger partial charge in [0.25, 0.3) is 0 Å². The molecule has 0 spiro atoms. The first kappa shape index (κ1) is 22.9. The van der Waals surface area contributed by atoms with Crippen molar-refractivity contribution in [2.45, 2.75) is 46.8 Å². The minimum atomic E-state index is 0.0834. The van der Waals surface area contributed by atoms with Gasteiger partial charge in [0.05, 0.1) is 16.5 Å². The van der Waals surface area contributed by atoms with Crippen molar-refractivity contribution in [2.24, 2.45) is 11.7 Å². The summed E-state index contributed by atoms with van der Waals surface area (Å²) in [4.78, 5) is 18.4. The van der Waals surface area contributed by atoms with Crippen molar-refractivity contribution in [1.29, 1.82) is 0 Å². The summed E-state index contributed by atoms with van der Waals surface area (Å²) in [5.74, 6) is 2.27. The van der Waals surface area contributed by atoms with Gasteiger partial charge in [0.2, 0.25) is 5.91 Å². The molecule has 7 heteroatoms. The molecule has 1 saturated heterocycles. The molecule has 0 atom stereocenters. The molecule has 1 aliphatic carbocycles. The highest BCUT2D eigenvalue weighted by Crippen LogP contribution is 2.16. The molecule has 3 N–H and O–H groups in total. The standard InChI is InChI=1S/C24H35N5O2/c1-17(2)15-29-21-9-7-19(6-8-20(21)27-23(29)16-31-4)18(3)5-10-22(25)28-13-11-24(30)26-12-14-28/h5-6,8-10,17H,7,11-16,25H2,1-4H3,(H,26,30)/b18-5+,22-10+. The molecule has 0 radical (unpaired) electrons. The fraction of sp³-hybridized carbons (Fsp3) is 0.500. The number of carbonyl (C=O) groups is 1. The molecule has 2 heterocycles. The van der Waals surface area contributed by atoms with Crippen LogP contribution in [-0.4, -0.2) is 47.1 Å². The number of allylic oxidation sites excluding steroid dienone is 5. The number of fused-ring (bicyclic) bond motifs is 1. The molecule has 1 aromatic heterocycles. The van der Waals surface area contributed by atoms with E-state index in [-0.39, 0.29) is 5.91 Å². The largest absolute Gasteiger partial charge is 0.385 e. The Morgan fingerprint density at radius 3 is 2.87 bits per heavy atom. The molecule has 0 unspecified atom stereocenters. The molecule has 1 amide bonds. The van der Waals surface area contributed by atoms with Crippen molar-refractivity contribution in [3.8, 4) is 0 Å². The molecule has 0 aromatic carbocycles. The van der Waals surface area contributed by atoms with Crippen LogP contribution in [0, 0.1) is 5.92 Å². The number of ether oxygens (including phenoxy) is 1. The lowest BCUT2D eigenvalue weighted by Gasteiger charge is -2.21. The molecule has 1 fully saturated rings. The van der Waals surface area contributed by atoms with E-state index in [1.54, 1.807) is 7.11 Å². The van der Waals surface area contributed by atoms with Gasteiger partial charge in [0.1, 0.15) is 12.4 Å². The number of amides is 1. The first-order valence-electron chi connectivity index (χ1n) is 11.0. The number of nitrogens with one attached hydrogen (secondary N) is 1. The molecular formula is C24H35N5O2. The monoisotopic (exact) mass is 425 g/mol. The lowest BCUT2D eigenvalue weighted by atomic mass is 10.0. The van der Waals surface area contributed by atoms with E-state index >= 15 is 0 Å². The minimum absolute atomic E-state index is 0.0834. The maximum absolute atomic E-state index is 11.5. The van der Waals surface area contributed by atoms with Gasteiger partial charge >= 0.3 is 0 Å². The Morgan fingerprint density at radius 2 is 2.13 bits per heavy atom. The molecule has 2 aliphatic rings. The number of rotatable bonds is 7. The molecular weight excluding hydrogens is 390 g/mol. The fourth-order valence-corrected chi connectivity index (χ4v) is 3.87. The fourth-order valence-electron chi connectivity index (χ4n) is 3.87. The first-order valence-corrected chi connectivity index (χ1v) is 11.0. The molecule has 0 bridgehead atoms. The Bertz CT molecular complexity index is 1010. The lowest BCUT2D eigenvalue weighted by molar-refractivity contribution is -0.120. The third kappa shape index (κ3) is 5.88. The summed E-state index contributed by atoms with van der Waals surface area (Å²) in [6, 6.07) is 0. The average molecular weight is 426 g/mol. The summed E-state index contributed by atoms with van der Waals surface area (Å²) in [5, 5.41) is 5.03. The van der Waals surface area contributed by atoms with Crippen molar-refractivity contribution in [1.82, 2.24) is 19.8 Å². The van der Waals surface area contributed by atoms with Crippen molar-refractivity contribution < 1.29 is 9.53 Å². The van der Waals surface area contributed by atoms with Gasteiger partial charge < -0.3 is 25.3 Å². The summed E-state index contributed by atoms with van der Waals surface area (Å²) in [5.41, 5.74) is 8.68. The third-order valence-corrected chi connectivity index (χ3v) is 5.58. The summed E-state index contributed by atoms with van der Waals surface area (Å²) in [6.45, 7) is 9.97. The van der Waals surface area contributed by atoms with Crippen LogP contribution in [0.25, 0.3) is 12.2 Å². The predicted molar refractivity (Wildman–Crippen MR) is 124 cm³/mol. The Balaban J connectivity index is 1.81. The number of methoxy groups -OCH3 is 1. The van der Waals surface area contributed by atoms with Crippen LogP contribution in [0.5, 0.6) is 0 Å². The Hall–Kier alpha value is -2.80. The molecule has 1 aliphatic heterocycles. The number of imidazole rings is 1. The van der Waals surface area contributed by atoms with E-state index in [0.29, 0.717) is 37.9 Å². The van der Waals surface area contributed by atoms with Crippen molar-refractivity contribution >= 4 is 18.1 Å². The molecule has 7 nitrogen and oxygen atoms in total. The molecule has 1 aromatic rings. The Morgan fingerprint density at radius 1 is 1.32 bits per heavy atom. The molecule has 168 valence electrons. The van der Waals surface area contributed by atoms with Crippen LogP contribution in [0.1, 0.15) is 39.4 Å². The number of nitrogens with two attached hydrogens (primary N) is 1. The molecule has 3 rings (SSSR count). The number of carbonyl (C=O) groups excluding carboxylic acids is 1. The third-order valence-electron chi connectivity index (χ3n) is 5.58. The highest BCUT2D eigenvalue weighted by atomic mass is 16.5. The van der Waals surface area contributed by atoms with Crippen molar-refractivity contribution in [2.75, 3.05) is 26.7 Å². The molecule has 0 saturated carbocycles. The maximum Gasteiger partial charge on any atom is 0.221 e. The van der Waals surface area contributed by atoms with E-state index in [1.165, 1.54) is 5.57 Å². The van der Waals surface area contributed by atoms with Crippen LogP contribution in [-0.2, 0) is 22.7 Å². The second-order valence-corrected chi connectivity index (χ2v) is 8.53. The summed E-state index contributed by atoms with van der Waals surface area (Å²) >= 11 is 0. The molecule has 31 heavy (non-hydrogen) atoms. The average Bonchev–Trinajstić information content (AvgIpc) is 2.90. The van der Waals surface area contributed by atoms with Crippen LogP contribution in [0.4, 0.5) is 0 Å². The van der Waals surface area contributed by atoms with Gasteiger partial charge in [0, 0.05) is 39.7 Å². The van der Waals surface area contributed by atoms with Gasteiger partial charge in [-0.1, -0.05) is 32.1 Å². The van der Waals surface area contributed by atoms with Crippen LogP contribution in [0.3, 0.4) is 0 Å². The van der Waals surface area contributed by atoms with E-state index in [4.69, 9.17) is 15.5 Å². The highest BCUT2D eigenvalue weighted by Gasteiger charge is 2.14. The van der Waals surface area contributed by atoms with E-state index < -0.39 is 0 Å². The van der Waals surface area contributed by atoms with Gasteiger partial charge in [-0.25, -0.2) is 4.98 Å². The maximum atomic E-state index is 11.5. The number of nitrogens with zero attached hydrogens (tertiary/aromatic N) is 3. The zero-order valence-electron chi connectivity index (χ0n) is 19.1. The summed E-state index contributed by atoms with van der Waals surface area (Å²) in [6.07, 6.45) is 11.8. The summed E-state index contributed by atoms with van der Waals surface area (Å²) < 4.78 is 7.64. The second kappa shape index (κ2) is 10.5. The van der Waals surface area contributed by atoms with Crippen LogP contribution in [0.2, 0.25) is 0 Å². The zero-order chi connectivity index (χ0) is 22.4. The highest BCUT2D eigenvalue weighted by molar-refractivity contribution is 5.76. The van der Waals surface area contributed by atoms with Gasteiger partial charge in [-0.05, 0) is 42.6 Å². The van der Waals surface area contributed by atoms with E-state index in [2.05, 4.69) is 55.0 Å². The minimum Gasteiger partial charge on any atom is -0.385 e. The first-order chi connectivity index (χ1) is 14.9. The van der Waals surface area contributed by atoms with Crippen molar-refractivity contribution in [3.63, 3.8) is 0 Å². The van der Waals surface area contributed by atoms with Crippen molar-refractivity contribution in [3.05, 3.63) is 51.7 Å². The van der Waals surface area contributed by atoms with E-state index in [1.807, 2.05) is 11.0 Å². The summed E-state index contributed by atoms with van der Waals surface area (Å²) in [7, 11) is 1.71. The Labute approximate surface area is 184 Å². The second-order valence-electron chi connectivity index (χ2n) is 8.53. The van der Waals surface area contributed by atoms with E-state index in [0.717, 1.165) is 41.6 Å². The van der Waals surface area contributed by atoms with Gasteiger partial charge in [-0.3, -0.25) is 4.79 Å². The number of hydrogen-bond donors (Lipinski definition) is 2. The van der Waals surface area contributed by atoms with Crippen LogP contribution < -0.4 is 21.7 Å². The SMILES string of the molecule is COCc1nc2c(n1CC(C)C)=CCC(/C(C)=C/C=C(\N)N1CCNC(=O)CC1)=CC=2. The zero-order valence-corrected chi connectivity index (χ0v) is 19.1. The van der Waals surface area contributed by atoms with Gasteiger partial charge in [-0.2, -0.15) is 0 Å². The van der Waals surface area contributed by atoms with Crippen LogP contribution >= 0.6 is 0 Å². The van der Waals surface area contributed by atoms with Gasteiger partial charge in [0.15, 0.2) is 0 Å². The number of hydrogen-bond acceptors (Lipinski definition) is 5. The van der Waals surface area contributed by atoms with E-state index in [9.17, 15) is 4.79 Å².